The molecule has 3 heteroatoms. The van der Waals surface area contributed by atoms with Crippen LogP contribution in [-0.2, 0) is 13.0 Å². The van der Waals surface area contributed by atoms with E-state index in [2.05, 4.69) is 68.9 Å². The first kappa shape index (κ1) is 15.0. The highest BCUT2D eigenvalue weighted by Crippen LogP contribution is 2.22. The molecule has 2 aromatic rings. The SMILES string of the molecule is CCn1nc(CC(C)C(C)NC(C)C)c2ccccc21. The van der Waals surface area contributed by atoms with Crippen molar-refractivity contribution in [2.24, 2.45) is 5.92 Å². The van der Waals surface area contributed by atoms with Gasteiger partial charge in [-0.1, -0.05) is 39.0 Å². The van der Waals surface area contributed by atoms with Crippen LogP contribution < -0.4 is 5.32 Å². The van der Waals surface area contributed by atoms with Gasteiger partial charge in [-0.25, -0.2) is 0 Å². The molecule has 0 aliphatic heterocycles. The highest BCUT2D eigenvalue weighted by atomic mass is 15.3. The fourth-order valence-electron chi connectivity index (χ4n) is 2.76. The van der Waals surface area contributed by atoms with Gasteiger partial charge in [-0.15, -0.1) is 0 Å². The normalized spacial score (nSPS) is 14.9. The molecule has 0 aliphatic rings. The van der Waals surface area contributed by atoms with Crippen molar-refractivity contribution >= 4 is 10.9 Å². The average molecular weight is 273 g/mol. The monoisotopic (exact) mass is 273 g/mol. The van der Waals surface area contributed by atoms with Crippen LogP contribution in [0.2, 0.25) is 0 Å². The molecule has 2 unspecified atom stereocenters. The van der Waals surface area contributed by atoms with Gasteiger partial charge in [-0.3, -0.25) is 4.68 Å². The third-order valence-corrected chi connectivity index (χ3v) is 4.00. The van der Waals surface area contributed by atoms with Gasteiger partial charge < -0.3 is 5.32 Å². The summed E-state index contributed by atoms with van der Waals surface area (Å²) < 4.78 is 2.11. The van der Waals surface area contributed by atoms with E-state index in [9.17, 15) is 0 Å². The van der Waals surface area contributed by atoms with Gasteiger partial charge in [-0.05, 0) is 32.3 Å². The quantitative estimate of drug-likeness (QED) is 0.871. The molecule has 0 bridgehead atoms. The van der Waals surface area contributed by atoms with Gasteiger partial charge in [0.15, 0.2) is 0 Å². The van der Waals surface area contributed by atoms with E-state index in [1.807, 2.05) is 0 Å². The summed E-state index contributed by atoms with van der Waals surface area (Å²) in [4.78, 5) is 0. The number of fused-ring (bicyclic) bond motifs is 1. The number of benzene rings is 1. The lowest BCUT2D eigenvalue weighted by Crippen LogP contribution is -2.37. The van der Waals surface area contributed by atoms with Crippen LogP contribution in [0, 0.1) is 5.92 Å². The smallest absolute Gasteiger partial charge is 0.0706 e. The Labute approximate surface area is 122 Å². The Kier molecular flexibility index (Phi) is 4.81. The fourth-order valence-corrected chi connectivity index (χ4v) is 2.76. The number of rotatable bonds is 6. The molecule has 0 aliphatic carbocycles. The zero-order chi connectivity index (χ0) is 14.7. The van der Waals surface area contributed by atoms with Crippen LogP contribution in [0.15, 0.2) is 24.3 Å². The Bertz CT molecular complexity index is 556. The van der Waals surface area contributed by atoms with Crippen molar-refractivity contribution < 1.29 is 0 Å². The van der Waals surface area contributed by atoms with Crippen LogP contribution in [0.4, 0.5) is 0 Å². The number of para-hydroxylation sites is 1. The van der Waals surface area contributed by atoms with Crippen molar-refractivity contribution in [3.63, 3.8) is 0 Å². The van der Waals surface area contributed by atoms with Crippen LogP contribution in [0.25, 0.3) is 10.9 Å². The minimum atomic E-state index is 0.500. The van der Waals surface area contributed by atoms with Gasteiger partial charge in [0.25, 0.3) is 0 Å². The van der Waals surface area contributed by atoms with Crippen molar-refractivity contribution in [2.75, 3.05) is 0 Å². The molecule has 1 heterocycles. The highest BCUT2D eigenvalue weighted by Gasteiger charge is 2.17. The zero-order valence-corrected chi connectivity index (χ0v) is 13.4. The maximum Gasteiger partial charge on any atom is 0.0706 e. The first-order valence-corrected chi connectivity index (χ1v) is 7.73. The molecular formula is C17H27N3. The van der Waals surface area contributed by atoms with Gasteiger partial charge in [-0.2, -0.15) is 5.10 Å². The summed E-state index contributed by atoms with van der Waals surface area (Å²) in [5.74, 6) is 0.570. The van der Waals surface area contributed by atoms with Gasteiger partial charge in [0.05, 0.1) is 11.2 Å². The molecule has 110 valence electrons. The first-order chi connectivity index (χ1) is 9.52. The van der Waals surface area contributed by atoms with E-state index in [0.717, 1.165) is 13.0 Å². The second-order valence-corrected chi connectivity index (χ2v) is 6.07. The Balaban J connectivity index is 2.21. The number of aryl methyl sites for hydroxylation is 1. The van der Waals surface area contributed by atoms with Crippen LogP contribution in [0.1, 0.15) is 40.3 Å². The molecule has 0 saturated carbocycles. The van der Waals surface area contributed by atoms with Gasteiger partial charge in [0, 0.05) is 24.0 Å². The minimum Gasteiger partial charge on any atom is -0.312 e. The van der Waals surface area contributed by atoms with Crippen LogP contribution in [-0.4, -0.2) is 21.9 Å². The zero-order valence-electron chi connectivity index (χ0n) is 13.4. The minimum absolute atomic E-state index is 0.500. The predicted molar refractivity (Wildman–Crippen MR) is 86.0 cm³/mol. The Morgan fingerprint density at radius 1 is 1.15 bits per heavy atom. The summed E-state index contributed by atoms with van der Waals surface area (Å²) in [5.41, 5.74) is 2.48. The molecular weight excluding hydrogens is 246 g/mol. The van der Waals surface area contributed by atoms with E-state index in [1.54, 1.807) is 0 Å². The van der Waals surface area contributed by atoms with E-state index >= 15 is 0 Å². The maximum absolute atomic E-state index is 4.80. The van der Waals surface area contributed by atoms with Crippen molar-refractivity contribution in [3.8, 4) is 0 Å². The molecule has 3 nitrogen and oxygen atoms in total. The largest absolute Gasteiger partial charge is 0.312 e. The number of nitrogens with one attached hydrogen (secondary N) is 1. The molecule has 0 spiro atoms. The summed E-state index contributed by atoms with van der Waals surface area (Å²) >= 11 is 0. The lowest BCUT2D eigenvalue weighted by molar-refractivity contribution is 0.369. The van der Waals surface area contributed by atoms with Crippen molar-refractivity contribution in [1.82, 2.24) is 15.1 Å². The Morgan fingerprint density at radius 3 is 2.50 bits per heavy atom. The van der Waals surface area contributed by atoms with Crippen molar-refractivity contribution in [2.45, 2.75) is 59.7 Å². The summed E-state index contributed by atoms with van der Waals surface area (Å²) in [6.07, 6.45) is 1.02. The van der Waals surface area contributed by atoms with E-state index in [4.69, 9.17) is 5.10 Å². The lowest BCUT2D eigenvalue weighted by atomic mass is 9.96. The molecule has 2 rings (SSSR count). The molecule has 20 heavy (non-hydrogen) atoms. The van der Waals surface area contributed by atoms with Crippen LogP contribution >= 0.6 is 0 Å². The van der Waals surface area contributed by atoms with Gasteiger partial charge >= 0.3 is 0 Å². The second-order valence-electron chi connectivity index (χ2n) is 6.07. The van der Waals surface area contributed by atoms with E-state index in [0.29, 0.717) is 18.0 Å². The van der Waals surface area contributed by atoms with E-state index in [-0.39, 0.29) is 0 Å². The molecule has 0 radical (unpaired) electrons. The molecule has 1 N–H and O–H groups in total. The van der Waals surface area contributed by atoms with E-state index < -0.39 is 0 Å². The number of aromatic nitrogens is 2. The Morgan fingerprint density at radius 2 is 1.85 bits per heavy atom. The summed E-state index contributed by atoms with van der Waals surface area (Å²) in [5, 5.41) is 9.70. The third-order valence-electron chi connectivity index (χ3n) is 4.00. The van der Waals surface area contributed by atoms with E-state index in [1.165, 1.54) is 16.6 Å². The Hall–Kier alpha value is -1.35. The van der Waals surface area contributed by atoms with Crippen molar-refractivity contribution in [3.05, 3.63) is 30.0 Å². The van der Waals surface area contributed by atoms with Gasteiger partial charge in [0.1, 0.15) is 0 Å². The van der Waals surface area contributed by atoms with Gasteiger partial charge in [0.2, 0.25) is 0 Å². The summed E-state index contributed by atoms with van der Waals surface area (Å²) in [7, 11) is 0. The molecule has 2 atom stereocenters. The molecule has 0 fully saturated rings. The topological polar surface area (TPSA) is 29.9 Å². The summed E-state index contributed by atoms with van der Waals surface area (Å²) in [6.45, 7) is 12.0. The fraction of sp³-hybridized carbons (Fsp3) is 0.588. The molecule has 0 saturated heterocycles. The van der Waals surface area contributed by atoms with Crippen LogP contribution in [0.3, 0.4) is 0 Å². The maximum atomic E-state index is 4.80. The second kappa shape index (κ2) is 6.40. The summed E-state index contributed by atoms with van der Waals surface area (Å²) in [6, 6.07) is 9.57. The highest BCUT2D eigenvalue weighted by molar-refractivity contribution is 5.81. The average Bonchev–Trinajstić information content (AvgIpc) is 2.76. The third kappa shape index (κ3) is 3.21. The molecule has 1 aromatic carbocycles. The molecule has 1 aromatic heterocycles. The number of hydrogen-bond donors (Lipinski definition) is 1. The predicted octanol–water partition coefficient (Wildman–Crippen LogP) is 3.62. The van der Waals surface area contributed by atoms with Crippen LogP contribution in [0.5, 0.6) is 0 Å². The number of nitrogens with zero attached hydrogens (tertiary/aromatic N) is 2. The standard InChI is InChI=1S/C17H27N3/c1-6-20-17-10-8-7-9-15(17)16(19-20)11-13(4)14(5)18-12(2)3/h7-10,12-14,18H,6,11H2,1-5H3. The molecule has 0 amide bonds. The first-order valence-electron chi connectivity index (χ1n) is 7.73. The van der Waals surface area contributed by atoms with Crippen molar-refractivity contribution in [1.29, 1.82) is 0 Å². The lowest BCUT2D eigenvalue weighted by Gasteiger charge is -2.23. The number of hydrogen-bond acceptors (Lipinski definition) is 2.